The molecule has 6 heteroatoms. The standard InChI is InChI=1S/C10H9F3O3/c1-15-9(14)5-6-2-3-8(7(11)4-6)16-10(12)13/h2-4,10H,5H2,1H3. The van der Waals surface area contributed by atoms with Gasteiger partial charge in [0.05, 0.1) is 13.5 Å². The van der Waals surface area contributed by atoms with E-state index in [-0.39, 0.29) is 6.42 Å². The highest BCUT2D eigenvalue weighted by Crippen LogP contribution is 2.20. The van der Waals surface area contributed by atoms with E-state index in [1.807, 2.05) is 0 Å². The lowest BCUT2D eigenvalue weighted by molar-refractivity contribution is -0.139. The maximum atomic E-state index is 13.2. The Morgan fingerprint density at radius 3 is 2.62 bits per heavy atom. The average Bonchev–Trinajstić information content (AvgIpc) is 2.21. The normalized spacial score (nSPS) is 10.3. The van der Waals surface area contributed by atoms with Crippen LogP contribution in [-0.4, -0.2) is 19.7 Å². The highest BCUT2D eigenvalue weighted by Gasteiger charge is 2.11. The molecule has 0 fully saturated rings. The number of alkyl halides is 2. The molecule has 1 aromatic rings. The molecule has 0 atom stereocenters. The molecule has 0 heterocycles. The molecule has 0 unspecified atom stereocenters. The van der Waals surface area contributed by atoms with Gasteiger partial charge in [-0.05, 0) is 17.7 Å². The van der Waals surface area contributed by atoms with Crippen LogP contribution in [0.5, 0.6) is 5.75 Å². The Hall–Kier alpha value is -1.72. The second-order valence-corrected chi connectivity index (χ2v) is 2.90. The summed E-state index contributed by atoms with van der Waals surface area (Å²) in [4.78, 5) is 10.9. The first-order valence-electron chi connectivity index (χ1n) is 4.33. The highest BCUT2D eigenvalue weighted by molar-refractivity contribution is 5.72. The van der Waals surface area contributed by atoms with Gasteiger partial charge in [-0.3, -0.25) is 4.79 Å². The Morgan fingerprint density at radius 1 is 1.44 bits per heavy atom. The molecule has 0 aromatic heterocycles. The van der Waals surface area contributed by atoms with E-state index >= 15 is 0 Å². The molecule has 1 rings (SSSR count). The minimum absolute atomic E-state index is 0.123. The van der Waals surface area contributed by atoms with Gasteiger partial charge in [-0.25, -0.2) is 4.39 Å². The van der Waals surface area contributed by atoms with Crippen LogP contribution in [0.25, 0.3) is 0 Å². The van der Waals surface area contributed by atoms with Gasteiger partial charge in [0.1, 0.15) is 0 Å². The molecular weight excluding hydrogens is 225 g/mol. The van der Waals surface area contributed by atoms with E-state index in [9.17, 15) is 18.0 Å². The van der Waals surface area contributed by atoms with Crippen molar-refractivity contribution < 1.29 is 27.4 Å². The number of carbonyl (C=O) groups is 1. The number of benzene rings is 1. The zero-order chi connectivity index (χ0) is 12.1. The third-order valence-electron chi connectivity index (χ3n) is 1.79. The Labute approximate surface area is 89.8 Å². The summed E-state index contributed by atoms with van der Waals surface area (Å²) >= 11 is 0. The molecule has 1 aromatic carbocycles. The van der Waals surface area contributed by atoms with Crippen LogP contribution in [0.15, 0.2) is 18.2 Å². The van der Waals surface area contributed by atoms with Crippen molar-refractivity contribution in [2.75, 3.05) is 7.11 Å². The number of esters is 1. The van der Waals surface area contributed by atoms with Crippen LogP contribution in [0.4, 0.5) is 13.2 Å². The minimum Gasteiger partial charge on any atom is -0.469 e. The summed E-state index contributed by atoms with van der Waals surface area (Å²) in [7, 11) is 1.20. The van der Waals surface area contributed by atoms with Crippen molar-refractivity contribution in [1.82, 2.24) is 0 Å². The van der Waals surface area contributed by atoms with Crippen LogP contribution < -0.4 is 4.74 Å². The van der Waals surface area contributed by atoms with Gasteiger partial charge in [-0.1, -0.05) is 6.07 Å². The van der Waals surface area contributed by atoms with Crippen molar-refractivity contribution in [2.24, 2.45) is 0 Å². The van der Waals surface area contributed by atoms with Gasteiger partial charge >= 0.3 is 12.6 Å². The van der Waals surface area contributed by atoms with E-state index in [0.29, 0.717) is 5.56 Å². The fourth-order valence-corrected chi connectivity index (χ4v) is 1.08. The van der Waals surface area contributed by atoms with Crippen molar-refractivity contribution in [2.45, 2.75) is 13.0 Å². The summed E-state index contributed by atoms with van der Waals surface area (Å²) in [5.74, 6) is -2.03. The molecule has 0 aliphatic rings. The van der Waals surface area contributed by atoms with E-state index in [0.717, 1.165) is 12.1 Å². The molecule has 16 heavy (non-hydrogen) atoms. The summed E-state index contributed by atoms with van der Waals surface area (Å²) in [5.41, 5.74) is 0.325. The molecule has 3 nitrogen and oxygen atoms in total. The molecule has 0 spiro atoms. The lowest BCUT2D eigenvalue weighted by atomic mass is 10.1. The smallest absolute Gasteiger partial charge is 0.387 e. The number of hydrogen-bond donors (Lipinski definition) is 0. The molecule has 0 saturated heterocycles. The molecule has 0 saturated carbocycles. The van der Waals surface area contributed by atoms with Gasteiger partial charge in [0, 0.05) is 0 Å². The van der Waals surface area contributed by atoms with Crippen LogP contribution >= 0.6 is 0 Å². The summed E-state index contributed by atoms with van der Waals surface area (Å²) in [6.45, 7) is -3.08. The monoisotopic (exact) mass is 234 g/mol. The van der Waals surface area contributed by atoms with Crippen molar-refractivity contribution in [1.29, 1.82) is 0 Å². The van der Waals surface area contributed by atoms with Crippen molar-refractivity contribution in [3.05, 3.63) is 29.6 Å². The van der Waals surface area contributed by atoms with Crippen LogP contribution in [0, 0.1) is 5.82 Å². The highest BCUT2D eigenvalue weighted by atomic mass is 19.3. The van der Waals surface area contributed by atoms with Crippen LogP contribution in [0.1, 0.15) is 5.56 Å². The Bertz CT molecular complexity index is 380. The number of hydrogen-bond acceptors (Lipinski definition) is 3. The fraction of sp³-hybridized carbons (Fsp3) is 0.300. The first kappa shape index (κ1) is 12.4. The second-order valence-electron chi connectivity index (χ2n) is 2.90. The van der Waals surface area contributed by atoms with E-state index in [4.69, 9.17) is 0 Å². The van der Waals surface area contributed by atoms with Gasteiger partial charge in [0.15, 0.2) is 11.6 Å². The third kappa shape index (κ3) is 3.45. The van der Waals surface area contributed by atoms with E-state index in [1.54, 1.807) is 0 Å². The van der Waals surface area contributed by atoms with Crippen molar-refractivity contribution in [3.8, 4) is 5.75 Å². The second kappa shape index (κ2) is 5.39. The summed E-state index contributed by atoms with van der Waals surface area (Å²) in [5, 5.41) is 0. The third-order valence-corrected chi connectivity index (χ3v) is 1.79. The number of halogens is 3. The lowest BCUT2D eigenvalue weighted by Gasteiger charge is -2.06. The van der Waals surface area contributed by atoms with Gasteiger partial charge in [-0.15, -0.1) is 0 Å². The summed E-state index contributed by atoms with van der Waals surface area (Å²) in [6, 6.07) is 3.31. The van der Waals surface area contributed by atoms with Crippen LogP contribution in [0.2, 0.25) is 0 Å². The zero-order valence-electron chi connectivity index (χ0n) is 8.38. The van der Waals surface area contributed by atoms with E-state index < -0.39 is 24.1 Å². The number of rotatable bonds is 4. The predicted octanol–water partition coefficient (Wildman–Crippen LogP) is 2.14. The average molecular weight is 234 g/mol. The number of carbonyl (C=O) groups excluding carboxylic acids is 1. The van der Waals surface area contributed by atoms with E-state index in [2.05, 4.69) is 9.47 Å². The van der Waals surface area contributed by atoms with Crippen LogP contribution in [0.3, 0.4) is 0 Å². The first-order chi connectivity index (χ1) is 7.52. The Balaban J connectivity index is 2.78. The molecule has 0 aliphatic heterocycles. The molecule has 0 amide bonds. The predicted molar refractivity (Wildman–Crippen MR) is 48.8 cm³/mol. The van der Waals surface area contributed by atoms with Crippen molar-refractivity contribution in [3.63, 3.8) is 0 Å². The summed E-state index contributed by atoms with van der Waals surface area (Å²) in [6.07, 6.45) is -0.123. The maximum absolute atomic E-state index is 13.2. The minimum atomic E-state index is -3.08. The largest absolute Gasteiger partial charge is 0.469 e. The van der Waals surface area contributed by atoms with Gasteiger partial charge in [-0.2, -0.15) is 8.78 Å². The fourth-order valence-electron chi connectivity index (χ4n) is 1.08. The number of ether oxygens (including phenoxy) is 2. The van der Waals surface area contributed by atoms with Crippen LogP contribution in [-0.2, 0) is 16.0 Å². The molecule has 88 valence electrons. The SMILES string of the molecule is COC(=O)Cc1ccc(OC(F)F)c(F)c1. The van der Waals surface area contributed by atoms with Crippen molar-refractivity contribution >= 4 is 5.97 Å². The number of methoxy groups -OCH3 is 1. The Kier molecular flexibility index (Phi) is 4.16. The summed E-state index contributed by atoms with van der Waals surface area (Å²) < 4.78 is 45.0. The zero-order valence-corrected chi connectivity index (χ0v) is 8.38. The Morgan fingerprint density at radius 2 is 2.12 bits per heavy atom. The molecule has 0 N–H and O–H groups in total. The molecule has 0 aliphatic carbocycles. The van der Waals surface area contributed by atoms with E-state index in [1.165, 1.54) is 13.2 Å². The molecule has 0 bridgehead atoms. The molecule has 0 radical (unpaired) electrons. The lowest BCUT2D eigenvalue weighted by Crippen LogP contribution is -2.06. The van der Waals surface area contributed by atoms with Gasteiger partial charge in [0.25, 0.3) is 0 Å². The van der Waals surface area contributed by atoms with Gasteiger partial charge in [0.2, 0.25) is 0 Å². The quantitative estimate of drug-likeness (QED) is 0.749. The maximum Gasteiger partial charge on any atom is 0.387 e. The topological polar surface area (TPSA) is 35.5 Å². The first-order valence-corrected chi connectivity index (χ1v) is 4.33. The molecular formula is C10H9F3O3. The van der Waals surface area contributed by atoms with Gasteiger partial charge < -0.3 is 9.47 Å².